The van der Waals surface area contributed by atoms with E-state index in [0.717, 1.165) is 18.4 Å². The monoisotopic (exact) mass is 526 g/mol. The summed E-state index contributed by atoms with van der Waals surface area (Å²) in [6.07, 6.45) is -1.72. The molecule has 0 amide bonds. The van der Waals surface area contributed by atoms with Crippen LogP contribution >= 0.6 is 11.6 Å². The van der Waals surface area contributed by atoms with Crippen LogP contribution < -0.4 is 10.5 Å². The maximum Gasteiger partial charge on any atom is 0.416 e. The molecule has 7 nitrogen and oxygen atoms in total. The van der Waals surface area contributed by atoms with Crippen LogP contribution in [-0.2, 0) is 22.6 Å². The second kappa shape index (κ2) is 9.63. The third-order valence-corrected chi connectivity index (χ3v) is 7.36. The summed E-state index contributed by atoms with van der Waals surface area (Å²) in [6.45, 7) is 1.18. The van der Waals surface area contributed by atoms with Crippen LogP contribution in [0.3, 0.4) is 0 Å². The average molecular weight is 527 g/mol. The van der Waals surface area contributed by atoms with Crippen molar-refractivity contribution < 1.29 is 21.6 Å². The molecule has 0 spiro atoms. The average Bonchev–Trinajstić information content (AvgIpc) is 2.79. The molecule has 0 N–H and O–H groups in total. The van der Waals surface area contributed by atoms with Crippen molar-refractivity contribution in [2.45, 2.75) is 12.6 Å². The maximum atomic E-state index is 13.5. The van der Waals surface area contributed by atoms with E-state index in [2.05, 4.69) is 5.10 Å². The molecule has 1 saturated heterocycles. The molecule has 2 heterocycles. The molecule has 186 valence electrons. The summed E-state index contributed by atoms with van der Waals surface area (Å²) >= 11 is 6.07. The van der Waals surface area contributed by atoms with Crippen molar-refractivity contribution in [3.63, 3.8) is 0 Å². The van der Waals surface area contributed by atoms with Crippen molar-refractivity contribution in [2.75, 3.05) is 37.3 Å². The fourth-order valence-electron chi connectivity index (χ4n) is 3.99. The molecule has 12 heteroatoms. The van der Waals surface area contributed by atoms with Gasteiger partial charge >= 0.3 is 6.18 Å². The first-order valence-electron chi connectivity index (χ1n) is 10.7. The molecule has 1 aliphatic rings. The van der Waals surface area contributed by atoms with Gasteiger partial charge < -0.3 is 4.90 Å². The van der Waals surface area contributed by atoms with Crippen LogP contribution in [0.4, 0.5) is 18.9 Å². The molecule has 0 bridgehead atoms. The van der Waals surface area contributed by atoms with Gasteiger partial charge in [0.25, 0.3) is 5.56 Å². The third kappa shape index (κ3) is 5.68. The molecule has 1 fully saturated rings. The van der Waals surface area contributed by atoms with Gasteiger partial charge in [-0.15, -0.1) is 0 Å². The van der Waals surface area contributed by atoms with Gasteiger partial charge in [0.2, 0.25) is 10.0 Å². The number of alkyl halides is 3. The van der Waals surface area contributed by atoms with Gasteiger partial charge in [0.15, 0.2) is 0 Å². The van der Waals surface area contributed by atoms with Gasteiger partial charge in [-0.3, -0.25) is 4.79 Å². The summed E-state index contributed by atoms with van der Waals surface area (Å²) in [4.78, 5) is 15.4. The Hall–Kier alpha value is -2.89. The summed E-state index contributed by atoms with van der Waals surface area (Å²) < 4.78 is 65.2. The number of hydrogen-bond donors (Lipinski definition) is 0. The van der Waals surface area contributed by atoms with Gasteiger partial charge in [-0.05, 0) is 35.9 Å². The molecular weight excluding hydrogens is 505 g/mol. The van der Waals surface area contributed by atoms with Crippen molar-refractivity contribution in [2.24, 2.45) is 0 Å². The minimum absolute atomic E-state index is 0.0711. The second-order valence-electron chi connectivity index (χ2n) is 8.23. The van der Waals surface area contributed by atoms with Crippen molar-refractivity contribution >= 4 is 27.3 Å². The SMILES string of the molecule is CS(=O)(=O)N1CCN(c2cnn(-c3cccc(Cl)c3)c(=O)c2Cc2ccc(C(F)(F)F)cc2)CC1. The molecule has 3 aromatic rings. The van der Waals surface area contributed by atoms with Gasteiger partial charge in [0, 0.05) is 43.2 Å². The summed E-state index contributed by atoms with van der Waals surface area (Å²) in [5.74, 6) is 0. The summed E-state index contributed by atoms with van der Waals surface area (Å²) in [7, 11) is -3.34. The number of benzene rings is 2. The lowest BCUT2D eigenvalue weighted by molar-refractivity contribution is -0.137. The van der Waals surface area contributed by atoms with Crippen molar-refractivity contribution in [1.29, 1.82) is 0 Å². The summed E-state index contributed by atoms with van der Waals surface area (Å²) in [5.41, 5.74) is 0.619. The van der Waals surface area contributed by atoms with Crippen LogP contribution in [0.1, 0.15) is 16.7 Å². The first-order valence-corrected chi connectivity index (χ1v) is 12.9. The molecule has 0 saturated carbocycles. The minimum atomic E-state index is -4.46. The predicted molar refractivity (Wildman–Crippen MR) is 128 cm³/mol. The molecule has 0 aliphatic carbocycles. The fourth-order valence-corrected chi connectivity index (χ4v) is 5.00. The first-order chi connectivity index (χ1) is 16.4. The largest absolute Gasteiger partial charge is 0.416 e. The van der Waals surface area contributed by atoms with Gasteiger partial charge in [0.05, 0.1) is 29.4 Å². The Morgan fingerprint density at radius 1 is 1.03 bits per heavy atom. The van der Waals surface area contributed by atoms with Gasteiger partial charge in [-0.25, -0.2) is 8.42 Å². The zero-order valence-electron chi connectivity index (χ0n) is 18.7. The fraction of sp³-hybridized carbons (Fsp3) is 0.304. The van der Waals surface area contributed by atoms with Gasteiger partial charge in [-0.1, -0.05) is 29.8 Å². The molecule has 35 heavy (non-hydrogen) atoms. The zero-order chi connectivity index (χ0) is 25.4. The number of rotatable bonds is 5. The topological polar surface area (TPSA) is 75.5 Å². The Morgan fingerprint density at radius 3 is 2.26 bits per heavy atom. The predicted octanol–water partition coefficient (Wildman–Crippen LogP) is 3.58. The van der Waals surface area contributed by atoms with E-state index >= 15 is 0 Å². The van der Waals surface area contributed by atoms with Crippen molar-refractivity contribution in [1.82, 2.24) is 14.1 Å². The highest BCUT2D eigenvalue weighted by atomic mass is 35.5. The third-order valence-electron chi connectivity index (χ3n) is 5.82. The lowest BCUT2D eigenvalue weighted by Crippen LogP contribution is -2.49. The summed E-state index contributed by atoms with van der Waals surface area (Å²) in [5, 5.41) is 4.72. The quantitative estimate of drug-likeness (QED) is 0.508. The Morgan fingerprint density at radius 2 is 1.69 bits per heavy atom. The molecule has 1 aliphatic heterocycles. The van der Waals surface area contributed by atoms with E-state index in [1.165, 1.54) is 27.3 Å². The first kappa shape index (κ1) is 25.2. The van der Waals surface area contributed by atoms with E-state index in [1.807, 2.05) is 4.90 Å². The number of sulfonamides is 1. The molecule has 0 unspecified atom stereocenters. The highest BCUT2D eigenvalue weighted by molar-refractivity contribution is 7.88. The van der Waals surface area contributed by atoms with E-state index < -0.39 is 27.3 Å². The van der Waals surface area contributed by atoms with Crippen LogP contribution in [0.2, 0.25) is 5.02 Å². The van der Waals surface area contributed by atoms with E-state index in [1.54, 1.807) is 24.3 Å². The number of hydrogen-bond acceptors (Lipinski definition) is 5. The van der Waals surface area contributed by atoms with Crippen LogP contribution in [0.25, 0.3) is 5.69 Å². The Bertz CT molecular complexity index is 1380. The number of aromatic nitrogens is 2. The lowest BCUT2D eigenvalue weighted by Gasteiger charge is -2.35. The van der Waals surface area contributed by atoms with Crippen molar-refractivity contribution in [3.05, 3.63) is 86.8 Å². The highest BCUT2D eigenvalue weighted by Crippen LogP contribution is 2.30. The molecule has 2 aromatic carbocycles. The van der Waals surface area contributed by atoms with Crippen LogP contribution in [-0.4, -0.2) is 54.9 Å². The van der Waals surface area contributed by atoms with Crippen LogP contribution in [0.15, 0.2) is 59.5 Å². The zero-order valence-corrected chi connectivity index (χ0v) is 20.2. The minimum Gasteiger partial charge on any atom is -0.367 e. The van der Waals surface area contributed by atoms with E-state index in [9.17, 15) is 26.4 Å². The van der Waals surface area contributed by atoms with Gasteiger partial charge in [0.1, 0.15) is 0 Å². The maximum absolute atomic E-state index is 13.5. The van der Waals surface area contributed by atoms with E-state index in [0.29, 0.717) is 40.6 Å². The van der Waals surface area contributed by atoms with E-state index in [-0.39, 0.29) is 19.5 Å². The summed E-state index contributed by atoms with van der Waals surface area (Å²) in [6, 6.07) is 11.3. The molecule has 4 rings (SSSR count). The number of halogens is 4. The number of anilines is 1. The Kier molecular flexibility index (Phi) is 6.94. The molecule has 0 atom stereocenters. The number of piperazine rings is 1. The Balaban J connectivity index is 1.74. The smallest absolute Gasteiger partial charge is 0.367 e. The Labute approximate surface area is 205 Å². The van der Waals surface area contributed by atoms with Crippen LogP contribution in [0, 0.1) is 0 Å². The molecule has 1 aromatic heterocycles. The highest BCUT2D eigenvalue weighted by Gasteiger charge is 2.30. The van der Waals surface area contributed by atoms with Gasteiger partial charge in [-0.2, -0.15) is 27.3 Å². The van der Waals surface area contributed by atoms with Crippen molar-refractivity contribution in [3.8, 4) is 5.69 Å². The number of nitrogens with zero attached hydrogens (tertiary/aromatic N) is 4. The van der Waals surface area contributed by atoms with E-state index in [4.69, 9.17) is 11.6 Å². The standard InChI is InChI=1S/C23H22ClF3N4O3S/c1-35(33,34)30-11-9-29(10-12-30)21-15-28-31(19-4-2-3-18(24)14-19)22(32)20(21)13-16-5-7-17(8-6-16)23(25,26)27/h2-8,14-15H,9-13H2,1H3. The second-order valence-corrected chi connectivity index (χ2v) is 10.6. The normalized spacial score (nSPS) is 15.4. The van der Waals surface area contributed by atoms with Crippen LogP contribution in [0.5, 0.6) is 0 Å². The molecular formula is C23H22ClF3N4O3S. The lowest BCUT2D eigenvalue weighted by atomic mass is 10.0. The molecule has 0 radical (unpaired) electrons.